The molecule has 38 heavy (non-hydrogen) atoms. The predicted molar refractivity (Wildman–Crippen MR) is 141 cm³/mol. The molecule has 0 unspecified atom stereocenters. The van der Waals surface area contributed by atoms with Gasteiger partial charge >= 0.3 is 6.18 Å². The fourth-order valence-electron chi connectivity index (χ4n) is 4.44. The number of carbonyl (C=O) groups excluding carboxylic acids is 1. The number of anilines is 1. The molecule has 1 aliphatic carbocycles. The average molecular weight is 611 g/mol. The molecule has 3 aromatic rings. The van der Waals surface area contributed by atoms with Crippen LogP contribution in [0.4, 0.5) is 18.3 Å². The number of aryl methyl sites for hydroxylation is 2. The van der Waals surface area contributed by atoms with Crippen LogP contribution >= 0.6 is 27.3 Å². The largest absolute Gasteiger partial charge is 0.435 e. The van der Waals surface area contributed by atoms with Gasteiger partial charge in [0.15, 0.2) is 10.8 Å². The number of oxime groups is 1. The average Bonchev–Trinajstić information content (AvgIpc) is 3.49. The fourth-order valence-corrected chi connectivity index (χ4v) is 5.88. The number of benzene rings is 1. The Kier molecular flexibility index (Phi) is 7.75. The maximum Gasteiger partial charge on any atom is 0.435 e. The predicted octanol–water partition coefficient (Wildman–Crippen LogP) is 5.04. The van der Waals surface area contributed by atoms with Gasteiger partial charge in [0.2, 0.25) is 5.91 Å². The van der Waals surface area contributed by atoms with Gasteiger partial charge in [-0.1, -0.05) is 44.6 Å². The summed E-state index contributed by atoms with van der Waals surface area (Å²) in [6, 6.07) is 8.87. The number of halogens is 4. The summed E-state index contributed by atoms with van der Waals surface area (Å²) in [5, 5.41) is 8.88. The lowest BCUT2D eigenvalue weighted by molar-refractivity contribution is -0.142. The quantitative estimate of drug-likeness (QED) is 0.366. The second-order valence-corrected chi connectivity index (χ2v) is 11.2. The van der Waals surface area contributed by atoms with E-state index in [2.05, 4.69) is 31.1 Å². The molecule has 0 atom stereocenters. The minimum atomic E-state index is -4.53. The molecule has 202 valence electrons. The highest BCUT2D eigenvalue weighted by Crippen LogP contribution is 2.33. The molecule has 1 aromatic carbocycles. The number of alkyl halides is 3. The SMILES string of the molecule is Cc1cc(C(F)(F)F)nn1CC(=O)N1CCN(c2nc3c(s2)C(=NOCc2ccc(Br)cc2)CCC3)CC1. The molecule has 2 aromatic heterocycles. The lowest BCUT2D eigenvalue weighted by Gasteiger charge is -2.34. The number of nitrogens with zero attached hydrogens (tertiary/aromatic N) is 6. The van der Waals surface area contributed by atoms with Crippen LogP contribution in [0.2, 0.25) is 0 Å². The molecular formula is C25H26BrF3N6O2S. The molecule has 8 nitrogen and oxygen atoms in total. The first-order valence-corrected chi connectivity index (χ1v) is 13.9. The van der Waals surface area contributed by atoms with Gasteiger partial charge in [-0.05, 0) is 49.9 Å². The molecule has 0 radical (unpaired) electrons. The standard InChI is InChI=1S/C25H26BrF3N6O2S/c1-16-13-21(25(27,28)29)31-35(16)14-22(36)33-9-11-34(12-10-33)24-30-19-3-2-4-20(23(19)38-24)32-37-15-17-5-7-18(26)8-6-17/h5-8,13H,2-4,9-12,14-15H2,1H3. The number of piperazine rings is 1. The zero-order chi connectivity index (χ0) is 26.9. The Labute approximate surface area is 230 Å². The van der Waals surface area contributed by atoms with Crippen molar-refractivity contribution in [2.45, 2.75) is 45.5 Å². The maximum atomic E-state index is 12.9. The van der Waals surface area contributed by atoms with Gasteiger partial charge in [-0.2, -0.15) is 18.3 Å². The first-order chi connectivity index (χ1) is 18.2. The number of rotatable bonds is 6. The molecule has 1 amide bonds. The molecular weight excluding hydrogens is 585 g/mol. The molecule has 1 saturated heterocycles. The zero-order valence-corrected chi connectivity index (χ0v) is 23.1. The van der Waals surface area contributed by atoms with E-state index >= 15 is 0 Å². The van der Waals surface area contributed by atoms with Crippen LogP contribution in [-0.2, 0) is 35.4 Å². The number of hydrogen-bond acceptors (Lipinski definition) is 7. The van der Waals surface area contributed by atoms with E-state index < -0.39 is 11.9 Å². The normalized spacial score (nSPS) is 17.1. The van der Waals surface area contributed by atoms with Crippen LogP contribution < -0.4 is 4.90 Å². The van der Waals surface area contributed by atoms with Gasteiger partial charge in [-0.15, -0.1) is 0 Å². The van der Waals surface area contributed by atoms with E-state index in [4.69, 9.17) is 9.82 Å². The Bertz CT molecular complexity index is 1330. The van der Waals surface area contributed by atoms with Gasteiger partial charge in [-0.25, -0.2) is 4.98 Å². The third-order valence-corrected chi connectivity index (χ3v) is 8.29. The lowest BCUT2D eigenvalue weighted by atomic mass is 10.0. The first kappa shape index (κ1) is 26.7. The lowest BCUT2D eigenvalue weighted by Crippen LogP contribution is -2.49. The third kappa shape index (κ3) is 6.04. The zero-order valence-electron chi connectivity index (χ0n) is 20.7. The van der Waals surface area contributed by atoms with Gasteiger partial charge in [0.05, 0.1) is 16.3 Å². The minimum Gasteiger partial charge on any atom is -0.391 e. The Hall–Kier alpha value is -2.93. The fraction of sp³-hybridized carbons (Fsp3) is 0.440. The smallest absolute Gasteiger partial charge is 0.391 e. The van der Waals surface area contributed by atoms with Crippen LogP contribution in [0.1, 0.15) is 40.4 Å². The number of fused-ring (bicyclic) bond motifs is 1. The van der Waals surface area contributed by atoms with Gasteiger partial charge in [0, 0.05) is 36.3 Å². The van der Waals surface area contributed by atoms with E-state index in [1.54, 1.807) is 16.2 Å². The summed E-state index contributed by atoms with van der Waals surface area (Å²) >= 11 is 5.02. The summed E-state index contributed by atoms with van der Waals surface area (Å²) in [5.74, 6) is -0.250. The topological polar surface area (TPSA) is 75.9 Å². The number of thiazole rings is 1. The molecule has 1 fully saturated rings. The van der Waals surface area contributed by atoms with Crippen molar-refractivity contribution in [1.29, 1.82) is 0 Å². The van der Waals surface area contributed by atoms with Gasteiger partial charge < -0.3 is 14.6 Å². The van der Waals surface area contributed by atoms with Crippen molar-refractivity contribution in [2.24, 2.45) is 5.16 Å². The summed E-state index contributed by atoms with van der Waals surface area (Å²) in [6.07, 6.45) is -1.85. The van der Waals surface area contributed by atoms with Crippen LogP contribution in [0.5, 0.6) is 0 Å². The second-order valence-electron chi connectivity index (χ2n) is 9.26. The van der Waals surface area contributed by atoms with Crippen molar-refractivity contribution in [1.82, 2.24) is 19.7 Å². The van der Waals surface area contributed by atoms with E-state index in [0.29, 0.717) is 38.5 Å². The summed E-state index contributed by atoms with van der Waals surface area (Å²) in [6.45, 7) is 3.81. The molecule has 0 bridgehead atoms. The molecule has 0 spiro atoms. The van der Waals surface area contributed by atoms with Crippen LogP contribution in [-0.4, -0.2) is 57.5 Å². The molecule has 0 N–H and O–H groups in total. The second kappa shape index (κ2) is 11.0. The summed E-state index contributed by atoms with van der Waals surface area (Å²) < 4.78 is 40.9. The maximum absolute atomic E-state index is 12.9. The van der Waals surface area contributed by atoms with Crippen LogP contribution in [0.3, 0.4) is 0 Å². The van der Waals surface area contributed by atoms with E-state index in [1.807, 2.05) is 24.3 Å². The number of amides is 1. The molecule has 1 aliphatic heterocycles. The van der Waals surface area contributed by atoms with Crippen molar-refractivity contribution in [3.8, 4) is 0 Å². The third-order valence-electron chi connectivity index (χ3n) is 6.55. The molecule has 5 rings (SSSR count). The highest BCUT2D eigenvalue weighted by Gasteiger charge is 2.35. The van der Waals surface area contributed by atoms with Gasteiger partial charge in [0.1, 0.15) is 13.2 Å². The first-order valence-electron chi connectivity index (χ1n) is 12.2. The van der Waals surface area contributed by atoms with Crippen molar-refractivity contribution < 1.29 is 22.8 Å². The minimum absolute atomic E-state index is 0.215. The molecule has 3 heterocycles. The highest BCUT2D eigenvalue weighted by molar-refractivity contribution is 9.10. The summed E-state index contributed by atoms with van der Waals surface area (Å²) in [4.78, 5) is 28.1. The number of aromatic nitrogens is 3. The Morgan fingerprint density at radius 1 is 1.16 bits per heavy atom. The van der Waals surface area contributed by atoms with Crippen LogP contribution in [0, 0.1) is 6.92 Å². The Morgan fingerprint density at radius 2 is 1.89 bits per heavy atom. The van der Waals surface area contributed by atoms with Crippen LogP contribution in [0.25, 0.3) is 0 Å². The van der Waals surface area contributed by atoms with E-state index in [9.17, 15) is 18.0 Å². The highest BCUT2D eigenvalue weighted by atomic mass is 79.9. The summed E-state index contributed by atoms with van der Waals surface area (Å²) in [7, 11) is 0. The monoisotopic (exact) mass is 610 g/mol. The van der Waals surface area contributed by atoms with Gasteiger partial charge in [-0.3, -0.25) is 9.48 Å². The van der Waals surface area contributed by atoms with E-state index in [-0.39, 0.29) is 12.5 Å². The van der Waals surface area contributed by atoms with E-state index in [1.165, 1.54) is 6.92 Å². The Balaban J connectivity index is 1.18. The van der Waals surface area contributed by atoms with Crippen molar-refractivity contribution >= 4 is 44.0 Å². The van der Waals surface area contributed by atoms with Gasteiger partial charge in [0.25, 0.3) is 0 Å². The number of carbonyl (C=O) groups is 1. The van der Waals surface area contributed by atoms with Crippen molar-refractivity contribution in [3.05, 3.63) is 62.3 Å². The van der Waals surface area contributed by atoms with Crippen molar-refractivity contribution in [2.75, 3.05) is 31.1 Å². The van der Waals surface area contributed by atoms with E-state index in [0.717, 1.165) is 61.5 Å². The molecule has 13 heteroatoms. The molecule has 0 saturated carbocycles. The van der Waals surface area contributed by atoms with Crippen molar-refractivity contribution in [3.63, 3.8) is 0 Å². The van der Waals surface area contributed by atoms with Crippen LogP contribution in [0.15, 0.2) is 40.0 Å². The summed E-state index contributed by atoms with van der Waals surface area (Å²) in [5.41, 5.74) is 2.29. The molecule has 2 aliphatic rings. The number of hydrogen-bond donors (Lipinski definition) is 0. The Morgan fingerprint density at radius 3 is 2.58 bits per heavy atom.